The molecule has 7 nitrogen and oxygen atoms in total. The van der Waals surface area contributed by atoms with E-state index in [9.17, 15) is 9.59 Å². The van der Waals surface area contributed by atoms with E-state index in [1.54, 1.807) is 25.1 Å². The summed E-state index contributed by atoms with van der Waals surface area (Å²) in [7, 11) is 1.29. The molecule has 104 valence electrons. The molecule has 1 aromatic carbocycles. The molecule has 0 fully saturated rings. The number of nitrogen functional groups attached to an aromatic ring is 1. The summed E-state index contributed by atoms with van der Waals surface area (Å²) in [6.45, 7) is 1.72. The number of aromatic amines is 1. The van der Waals surface area contributed by atoms with Crippen molar-refractivity contribution >= 4 is 23.3 Å². The molecule has 2 rings (SSSR count). The summed E-state index contributed by atoms with van der Waals surface area (Å²) in [5.74, 6) is -0.926. The molecule has 0 bridgehead atoms. The van der Waals surface area contributed by atoms with Crippen LogP contribution < -0.4 is 11.1 Å². The van der Waals surface area contributed by atoms with Crippen molar-refractivity contribution in [3.05, 3.63) is 41.2 Å². The van der Waals surface area contributed by atoms with Crippen LogP contribution in [0.5, 0.6) is 0 Å². The van der Waals surface area contributed by atoms with Crippen molar-refractivity contribution < 1.29 is 14.3 Å². The molecule has 1 heterocycles. The lowest BCUT2D eigenvalue weighted by Crippen LogP contribution is -2.14. The lowest BCUT2D eigenvalue weighted by Gasteiger charge is -2.05. The number of hydrogen-bond donors (Lipinski definition) is 3. The molecule has 0 aliphatic heterocycles. The minimum atomic E-state index is -0.476. The second-order valence-electron chi connectivity index (χ2n) is 4.14. The summed E-state index contributed by atoms with van der Waals surface area (Å²) in [6.07, 6.45) is 0. The highest BCUT2D eigenvalue weighted by Gasteiger charge is 2.16. The molecule has 0 aliphatic rings. The number of nitrogens with one attached hydrogen (secondary N) is 2. The fraction of sp³-hybridized carbons (Fsp3) is 0.154. The second kappa shape index (κ2) is 5.43. The van der Waals surface area contributed by atoms with Gasteiger partial charge in [0.05, 0.1) is 24.1 Å². The Morgan fingerprint density at radius 1 is 1.40 bits per heavy atom. The Hall–Kier alpha value is -2.83. The van der Waals surface area contributed by atoms with E-state index in [1.165, 1.54) is 13.2 Å². The van der Waals surface area contributed by atoms with Crippen molar-refractivity contribution in [3.63, 3.8) is 0 Å². The van der Waals surface area contributed by atoms with Crippen LogP contribution in [0.2, 0.25) is 0 Å². The molecule has 0 saturated heterocycles. The molecule has 20 heavy (non-hydrogen) atoms. The standard InChI is InChI=1S/C13H14N4O3/c1-7-10(14)11(17-16-7)12(18)15-9-5-3-4-8(6-9)13(19)20-2/h3-6H,14H2,1-2H3,(H,15,18)(H,16,17). The number of carbonyl (C=O) groups is 2. The largest absolute Gasteiger partial charge is 0.465 e. The third-order valence-electron chi connectivity index (χ3n) is 2.75. The molecule has 0 unspecified atom stereocenters. The molecule has 0 aliphatic carbocycles. The Labute approximate surface area is 115 Å². The van der Waals surface area contributed by atoms with E-state index in [0.717, 1.165) is 0 Å². The van der Waals surface area contributed by atoms with E-state index in [1.807, 2.05) is 0 Å². The first kappa shape index (κ1) is 13.6. The summed E-state index contributed by atoms with van der Waals surface area (Å²) in [5.41, 5.74) is 7.57. The SMILES string of the molecule is COC(=O)c1cccc(NC(=O)c2n[nH]c(C)c2N)c1. The third-order valence-corrected chi connectivity index (χ3v) is 2.75. The number of anilines is 2. The molecule has 0 atom stereocenters. The lowest BCUT2D eigenvalue weighted by molar-refractivity contribution is 0.0600. The highest BCUT2D eigenvalue weighted by Crippen LogP contribution is 2.16. The van der Waals surface area contributed by atoms with Gasteiger partial charge in [-0.2, -0.15) is 5.10 Å². The van der Waals surface area contributed by atoms with Gasteiger partial charge >= 0.3 is 5.97 Å². The van der Waals surface area contributed by atoms with Gasteiger partial charge in [0.25, 0.3) is 5.91 Å². The van der Waals surface area contributed by atoms with E-state index < -0.39 is 11.9 Å². The monoisotopic (exact) mass is 274 g/mol. The molecular formula is C13H14N4O3. The number of nitrogens with two attached hydrogens (primary N) is 1. The Bertz CT molecular complexity index is 663. The number of ether oxygens (including phenoxy) is 1. The number of amides is 1. The van der Waals surface area contributed by atoms with E-state index in [4.69, 9.17) is 5.73 Å². The molecule has 7 heteroatoms. The highest BCUT2D eigenvalue weighted by atomic mass is 16.5. The lowest BCUT2D eigenvalue weighted by atomic mass is 10.2. The first-order valence-electron chi connectivity index (χ1n) is 5.83. The van der Waals surface area contributed by atoms with Crippen LogP contribution in [0.4, 0.5) is 11.4 Å². The fourth-order valence-corrected chi connectivity index (χ4v) is 1.64. The van der Waals surface area contributed by atoms with Crippen LogP contribution in [0.3, 0.4) is 0 Å². The van der Waals surface area contributed by atoms with Gasteiger partial charge in [-0.25, -0.2) is 4.79 Å². The Morgan fingerprint density at radius 2 is 2.15 bits per heavy atom. The van der Waals surface area contributed by atoms with Crippen LogP contribution in [0.1, 0.15) is 26.5 Å². The fourth-order valence-electron chi connectivity index (χ4n) is 1.64. The molecule has 0 spiro atoms. The quantitative estimate of drug-likeness (QED) is 0.731. The van der Waals surface area contributed by atoms with Gasteiger partial charge in [-0.05, 0) is 25.1 Å². The number of esters is 1. The molecule has 1 aromatic heterocycles. The van der Waals surface area contributed by atoms with Crippen LogP contribution in [-0.2, 0) is 4.74 Å². The van der Waals surface area contributed by atoms with Gasteiger partial charge in [-0.3, -0.25) is 9.89 Å². The normalized spacial score (nSPS) is 10.1. The van der Waals surface area contributed by atoms with Crippen LogP contribution in [-0.4, -0.2) is 29.2 Å². The van der Waals surface area contributed by atoms with Crippen molar-refractivity contribution in [1.29, 1.82) is 0 Å². The average Bonchev–Trinajstić information content (AvgIpc) is 2.78. The van der Waals surface area contributed by atoms with Crippen molar-refractivity contribution in [3.8, 4) is 0 Å². The maximum absolute atomic E-state index is 12.0. The summed E-state index contributed by atoms with van der Waals surface area (Å²) in [6, 6.07) is 6.40. The van der Waals surface area contributed by atoms with Crippen molar-refractivity contribution in [1.82, 2.24) is 10.2 Å². The zero-order chi connectivity index (χ0) is 14.7. The molecule has 4 N–H and O–H groups in total. The number of hydrogen-bond acceptors (Lipinski definition) is 5. The van der Waals surface area contributed by atoms with Crippen LogP contribution in [0, 0.1) is 6.92 Å². The summed E-state index contributed by atoms with van der Waals surface area (Å²) in [4.78, 5) is 23.4. The Morgan fingerprint density at radius 3 is 2.75 bits per heavy atom. The van der Waals surface area contributed by atoms with Gasteiger partial charge in [-0.15, -0.1) is 0 Å². The zero-order valence-electron chi connectivity index (χ0n) is 11.1. The van der Waals surface area contributed by atoms with E-state index in [0.29, 0.717) is 22.6 Å². The molecule has 2 aromatic rings. The number of methoxy groups -OCH3 is 1. The van der Waals surface area contributed by atoms with Gasteiger partial charge in [0.2, 0.25) is 0 Å². The van der Waals surface area contributed by atoms with E-state index in [2.05, 4.69) is 20.3 Å². The van der Waals surface area contributed by atoms with Crippen molar-refractivity contribution in [2.75, 3.05) is 18.2 Å². The van der Waals surface area contributed by atoms with Gasteiger partial charge in [0, 0.05) is 5.69 Å². The number of rotatable bonds is 3. The maximum Gasteiger partial charge on any atom is 0.337 e. The van der Waals surface area contributed by atoms with Crippen LogP contribution >= 0.6 is 0 Å². The third kappa shape index (κ3) is 2.61. The van der Waals surface area contributed by atoms with Crippen LogP contribution in [0.15, 0.2) is 24.3 Å². The number of nitrogens with zero attached hydrogens (tertiary/aromatic N) is 1. The van der Waals surface area contributed by atoms with Gasteiger partial charge in [0.15, 0.2) is 5.69 Å². The summed E-state index contributed by atoms with van der Waals surface area (Å²) in [5, 5.41) is 9.09. The highest BCUT2D eigenvalue weighted by molar-refractivity contribution is 6.06. The first-order chi connectivity index (χ1) is 9.52. The predicted octanol–water partition coefficient (Wildman–Crippen LogP) is 1.34. The minimum Gasteiger partial charge on any atom is -0.465 e. The molecule has 0 saturated carbocycles. The second-order valence-corrected chi connectivity index (χ2v) is 4.14. The Balaban J connectivity index is 2.20. The van der Waals surface area contributed by atoms with Crippen molar-refractivity contribution in [2.24, 2.45) is 0 Å². The van der Waals surface area contributed by atoms with Crippen molar-refractivity contribution in [2.45, 2.75) is 6.92 Å². The topological polar surface area (TPSA) is 110 Å². The minimum absolute atomic E-state index is 0.117. The number of aromatic nitrogens is 2. The van der Waals surface area contributed by atoms with Crippen LogP contribution in [0.25, 0.3) is 0 Å². The maximum atomic E-state index is 12.0. The zero-order valence-corrected chi connectivity index (χ0v) is 11.1. The van der Waals surface area contributed by atoms with Gasteiger partial charge < -0.3 is 15.8 Å². The average molecular weight is 274 g/mol. The number of H-pyrrole nitrogens is 1. The molecule has 0 radical (unpaired) electrons. The van der Waals surface area contributed by atoms with E-state index >= 15 is 0 Å². The number of aryl methyl sites for hydroxylation is 1. The smallest absolute Gasteiger partial charge is 0.337 e. The summed E-state index contributed by atoms with van der Waals surface area (Å²) >= 11 is 0. The predicted molar refractivity (Wildman–Crippen MR) is 73.5 cm³/mol. The Kier molecular flexibility index (Phi) is 3.69. The first-order valence-corrected chi connectivity index (χ1v) is 5.83. The van der Waals surface area contributed by atoms with Gasteiger partial charge in [0.1, 0.15) is 0 Å². The number of carbonyl (C=O) groups excluding carboxylic acids is 2. The molecule has 1 amide bonds. The molecular weight excluding hydrogens is 260 g/mol. The summed E-state index contributed by atoms with van der Waals surface area (Å²) < 4.78 is 4.61. The number of benzene rings is 1. The van der Waals surface area contributed by atoms with Gasteiger partial charge in [-0.1, -0.05) is 6.07 Å². The van der Waals surface area contributed by atoms with E-state index in [-0.39, 0.29) is 5.69 Å².